The van der Waals surface area contributed by atoms with Crippen molar-refractivity contribution in [1.29, 1.82) is 0 Å². The molecule has 2 aliphatic rings. The second-order valence-corrected chi connectivity index (χ2v) is 4.87. The molecule has 2 fully saturated rings. The van der Waals surface area contributed by atoms with E-state index in [9.17, 15) is 9.59 Å². The number of carboxylic acids is 1. The Labute approximate surface area is 89.0 Å². The predicted molar refractivity (Wildman–Crippen MR) is 54.2 cm³/mol. The van der Waals surface area contributed by atoms with Gasteiger partial charge in [0.2, 0.25) is 5.91 Å². The molecular formula is C11H17NO3. The number of amides is 1. The molecule has 0 aliphatic heterocycles. The highest BCUT2D eigenvalue weighted by Crippen LogP contribution is 2.38. The van der Waals surface area contributed by atoms with Gasteiger partial charge in [-0.15, -0.1) is 0 Å². The first-order chi connectivity index (χ1) is 7.08. The van der Waals surface area contributed by atoms with Crippen LogP contribution in [0.2, 0.25) is 0 Å². The Bertz CT molecular complexity index is 290. The summed E-state index contributed by atoms with van der Waals surface area (Å²) in [6.07, 6.45) is 3.09. The summed E-state index contributed by atoms with van der Waals surface area (Å²) in [5.74, 6) is -0.160. The van der Waals surface area contributed by atoms with Crippen LogP contribution in [-0.4, -0.2) is 23.0 Å². The molecule has 84 valence electrons. The molecule has 0 bridgehead atoms. The number of rotatable bonds is 3. The van der Waals surface area contributed by atoms with Crippen molar-refractivity contribution >= 4 is 11.9 Å². The van der Waals surface area contributed by atoms with Crippen molar-refractivity contribution in [3.63, 3.8) is 0 Å². The van der Waals surface area contributed by atoms with E-state index < -0.39 is 5.97 Å². The summed E-state index contributed by atoms with van der Waals surface area (Å²) in [5.41, 5.74) is 0. The van der Waals surface area contributed by atoms with E-state index >= 15 is 0 Å². The Hall–Kier alpha value is -1.06. The van der Waals surface area contributed by atoms with E-state index in [1.54, 1.807) is 0 Å². The molecule has 0 aromatic rings. The minimum absolute atomic E-state index is 0.0893. The Morgan fingerprint density at radius 1 is 1.27 bits per heavy atom. The minimum atomic E-state index is -0.730. The van der Waals surface area contributed by atoms with Crippen LogP contribution < -0.4 is 5.32 Å². The van der Waals surface area contributed by atoms with Crippen molar-refractivity contribution in [1.82, 2.24) is 5.32 Å². The Morgan fingerprint density at radius 2 is 1.93 bits per heavy atom. The van der Waals surface area contributed by atoms with Crippen LogP contribution in [0, 0.1) is 17.8 Å². The lowest BCUT2D eigenvalue weighted by molar-refractivity contribution is -0.141. The van der Waals surface area contributed by atoms with Crippen molar-refractivity contribution in [3.05, 3.63) is 0 Å². The maximum Gasteiger partial charge on any atom is 0.306 e. The number of hydrogen-bond donors (Lipinski definition) is 2. The molecule has 0 aromatic heterocycles. The van der Waals surface area contributed by atoms with Gasteiger partial charge in [-0.3, -0.25) is 9.59 Å². The summed E-state index contributed by atoms with van der Waals surface area (Å²) in [5, 5.41) is 11.8. The molecule has 4 atom stereocenters. The second kappa shape index (κ2) is 3.83. The van der Waals surface area contributed by atoms with Crippen LogP contribution in [0.25, 0.3) is 0 Å². The van der Waals surface area contributed by atoms with Crippen LogP contribution in [0.4, 0.5) is 0 Å². The van der Waals surface area contributed by atoms with Crippen molar-refractivity contribution in [2.24, 2.45) is 17.8 Å². The van der Waals surface area contributed by atoms with Crippen molar-refractivity contribution in [2.45, 2.75) is 38.6 Å². The van der Waals surface area contributed by atoms with E-state index in [0.29, 0.717) is 18.8 Å². The number of hydrogen-bond acceptors (Lipinski definition) is 2. The number of carbonyl (C=O) groups is 2. The quantitative estimate of drug-likeness (QED) is 0.732. The molecule has 2 rings (SSSR count). The number of aliphatic carboxylic acids is 1. The number of nitrogens with one attached hydrogen (secondary N) is 1. The maximum atomic E-state index is 11.6. The van der Waals surface area contributed by atoms with Crippen LogP contribution in [0.3, 0.4) is 0 Å². The normalized spacial score (nSPS) is 38.7. The first-order valence-electron chi connectivity index (χ1n) is 5.61. The summed E-state index contributed by atoms with van der Waals surface area (Å²) >= 11 is 0. The van der Waals surface area contributed by atoms with E-state index in [4.69, 9.17) is 5.11 Å². The molecular weight excluding hydrogens is 194 g/mol. The zero-order valence-electron chi connectivity index (χ0n) is 8.90. The summed E-state index contributed by atoms with van der Waals surface area (Å²) in [7, 11) is 0. The van der Waals surface area contributed by atoms with E-state index in [-0.39, 0.29) is 23.8 Å². The van der Waals surface area contributed by atoms with Gasteiger partial charge in [0.05, 0.1) is 5.92 Å². The first kappa shape index (κ1) is 10.5. The van der Waals surface area contributed by atoms with Crippen LogP contribution in [0.1, 0.15) is 32.6 Å². The molecule has 2 aliphatic carbocycles. The summed E-state index contributed by atoms with van der Waals surface area (Å²) in [6, 6.07) is 0.0893. The number of carbonyl (C=O) groups excluding carboxylic acids is 1. The van der Waals surface area contributed by atoms with Gasteiger partial charge in [0.1, 0.15) is 0 Å². The molecule has 4 heteroatoms. The standard InChI is InChI=1S/C11H17NO3/c1-6-4-9(6)10(13)12-8-3-2-7(5-8)11(14)15/h6-9H,2-5H2,1H3,(H,12,13)(H,14,15)/t6-,7+,8+,9+/m1/s1. The minimum Gasteiger partial charge on any atom is -0.481 e. The van der Waals surface area contributed by atoms with Crippen LogP contribution in [-0.2, 0) is 9.59 Å². The highest BCUT2D eigenvalue weighted by Gasteiger charge is 2.40. The Morgan fingerprint density at radius 3 is 2.40 bits per heavy atom. The number of carboxylic acid groups (broad SMARTS) is 1. The van der Waals surface area contributed by atoms with Crippen molar-refractivity contribution in [3.8, 4) is 0 Å². The molecule has 0 heterocycles. The zero-order chi connectivity index (χ0) is 11.0. The van der Waals surface area contributed by atoms with Gasteiger partial charge in [-0.1, -0.05) is 6.92 Å². The van der Waals surface area contributed by atoms with E-state index in [1.165, 1.54) is 0 Å². The maximum absolute atomic E-state index is 11.6. The van der Waals surface area contributed by atoms with E-state index in [2.05, 4.69) is 12.2 Å². The molecule has 15 heavy (non-hydrogen) atoms. The first-order valence-corrected chi connectivity index (χ1v) is 5.61. The average Bonchev–Trinajstić information content (AvgIpc) is 2.73. The van der Waals surface area contributed by atoms with Crippen LogP contribution in [0.5, 0.6) is 0 Å². The largest absolute Gasteiger partial charge is 0.481 e. The van der Waals surface area contributed by atoms with Crippen LogP contribution >= 0.6 is 0 Å². The average molecular weight is 211 g/mol. The van der Waals surface area contributed by atoms with Crippen molar-refractivity contribution in [2.75, 3.05) is 0 Å². The smallest absolute Gasteiger partial charge is 0.306 e. The summed E-state index contributed by atoms with van der Waals surface area (Å²) < 4.78 is 0. The third-order valence-electron chi connectivity index (χ3n) is 3.57. The SMILES string of the molecule is C[C@@H]1C[C@@H]1C(=O)N[C@H]1CC[C@H](C(=O)O)C1. The molecule has 0 radical (unpaired) electrons. The Balaban J connectivity index is 1.77. The van der Waals surface area contributed by atoms with E-state index in [0.717, 1.165) is 12.8 Å². The van der Waals surface area contributed by atoms with Gasteiger partial charge in [0, 0.05) is 12.0 Å². The lowest BCUT2D eigenvalue weighted by Crippen LogP contribution is -2.34. The van der Waals surface area contributed by atoms with Gasteiger partial charge >= 0.3 is 5.97 Å². The predicted octanol–water partition coefficient (Wildman–Crippen LogP) is 1.01. The monoisotopic (exact) mass is 211 g/mol. The fourth-order valence-corrected chi connectivity index (χ4v) is 2.33. The van der Waals surface area contributed by atoms with Gasteiger partial charge in [-0.2, -0.15) is 0 Å². The highest BCUT2D eigenvalue weighted by atomic mass is 16.4. The van der Waals surface area contributed by atoms with Crippen molar-refractivity contribution < 1.29 is 14.7 Å². The van der Waals surface area contributed by atoms with Gasteiger partial charge in [-0.05, 0) is 31.6 Å². The van der Waals surface area contributed by atoms with Gasteiger partial charge < -0.3 is 10.4 Å². The van der Waals surface area contributed by atoms with Gasteiger partial charge in [0.15, 0.2) is 0 Å². The fraction of sp³-hybridized carbons (Fsp3) is 0.818. The van der Waals surface area contributed by atoms with E-state index in [1.807, 2.05) is 0 Å². The summed E-state index contributed by atoms with van der Waals surface area (Å²) in [6.45, 7) is 2.07. The molecule has 0 aromatic carbocycles. The zero-order valence-corrected chi connectivity index (χ0v) is 8.90. The molecule has 0 unspecified atom stereocenters. The third-order valence-corrected chi connectivity index (χ3v) is 3.57. The molecule has 2 N–H and O–H groups in total. The molecule has 0 saturated heterocycles. The second-order valence-electron chi connectivity index (χ2n) is 4.87. The molecule has 4 nitrogen and oxygen atoms in total. The molecule has 0 spiro atoms. The highest BCUT2D eigenvalue weighted by molar-refractivity contribution is 5.81. The Kier molecular flexibility index (Phi) is 2.67. The van der Waals surface area contributed by atoms with Gasteiger partial charge in [-0.25, -0.2) is 0 Å². The fourth-order valence-electron chi connectivity index (χ4n) is 2.33. The van der Waals surface area contributed by atoms with Crippen LogP contribution in [0.15, 0.2) is 0 Å². The lowest BCUT2D eigenvalue weighted by Gasteiger charge is -2.11. The topological polar surface area (TPSA) is 66.4 Å². The lowest BCUT2D eigenvalue weighted by atomic mass is 10.1. The van der Waals surface area contributed by atoms with Gasteiger partial charge in [0.25, 0.3) is 0 Å². The summed E-state index contributed by atoms with van der Waals surface area (Å²) in [4.78, 5) is 22.3. The molecule has 1 amide bonds. The third kappa shape index (κ3) is 2.30. The molecule has 2 saturated carbocycles.